The lowest BCUT2D eigenvalue weighted by Crippen LogP contribution is -2.51. The van der Waals surface area contributed by atoms with Crippen LogP contribution in [-0.4, -0.2) is 22.7 Å². The number of benzene rings is 2. The predicted molar refractivity (Wildman–Crippen MR) is 123 cm³/mol. The van der Waals surface area contributed by atoms with Crippen molar-refractivity contribution in [1.29, 1.82) is 0 Å². The van der Waals surface area contributed by atoms with Crippen LogP contribution < -0.4 is 11.5 Å². The van der Waals surface area contributed by atoms with Gasteiger partial charge in [0.2, 0.25) is 11.8 Å². The highest BCUT2D eigenvalue weighted by Gasteiger charge is 2.47. The van der Waals surface area contributed by atoms with Gasteiger partial charge in [-0.15, -0.1) is 0 Å². The fourth-order valence-electron chi connectivity index (χ4n) is 4.57. The molecule has 0 fully saturated rings. The van der Waals surface area contributed by atoms with Crippen LogP contribution in [0, 0.1) is 12.8 Å². The van der Waals surface area contributed by atoms with Gasteiger partial charge in [-0.1, -0.05) is 59.9 Å². The molecule has 0 saturated heterocycles. The molecule has 4 rings (SSSR count). The van der Waals surface area contributed by atoms with Gasteiger partial charge in [0.1, 0.15) is 5.41 Å². The van der Waals surface area contributed by atoms with E-state index < -0.39 is 46.8 Å². The number of nitrogens with two attached hydrogens (primary N) is 2. The van der Waals surface area contributed by atoms with Gasteiger partial charge >= 0.3 is 6.18 Å². The van der Waals surface area contributed by atoms with Crippen LogP contribution in [0.1, 0.15) is 33.9 Å². The van der Waals surface area contributed by atoms with E-state index in [1.807, 2.05) is 0 Å². The monoisotopic (exact) mass is 497 g/mol. The van der Waals surface area contributed by atoms with Gasteiger partial charge in [-0.3, -0.25) is 14.4 Å². The third-order valence-electron chi connectivity index (χ3n) is 6.36. The standard InChI is InChI=1S/C25H22F3N5O3/c1-14-12-15(5-10-18(14)24(23(30)36)11-3-2-4-19(24)21(29)34)13-33-22(35)20(31-32-33)16-6-8-17(9-7-16)25(26,27)28/h2-12,19-20H,13H2,1H3,(H2,29,34)(H2,30,36). The fraction of sp³-hybridized carbons (Fsp3) is 0.240. The molecule has 1 heterocycles. The van der Waals surface area contributed by atoms with Crippen molar-refractivity contribution in [3.05, 3.63) is 94.6 Å². The fourth-order valence-corrected chi connectivity index (χ4v) is 4.57. The number of halogens is 3. The number of primary amides is 2. The van der Waals surface area contributed by atoms with Crippen LogP contribution in [0.5, 0.6) is 0 Å². The molecule has 36 heavy (non-hydrogen) atoms. The average Bonchev–Trinajstić information content (AvgIpc) is 3.18. The number of allylic oxidation sites excluding steroid dienone is 2. The van der Waals surface area contributed by atoms with Gasteiger partial charge in [0, 0.05) is 0 Å². The molecule has 0 spiro atoms. The van der Waals surface area contributed by atoms with E-state index in [0.717, 1.165) is 17.1 Å². The molecule has 2 aliphatic rings. The topological polar surface area (TPSA) is 131 Å². The lowest BCUT2D eigenvalue weighted by Gasteiger charge is -2.35. The van der Waals surface area contributed by atoms with Crippen LogP contribution in [0.15, 0.2) is 77.1 Å². The van der Waals surface area contributed by atoms with Gasteiger partial charge in [-0.2, -0.15) is 18.3 Å². The number of alkyl halides is 3. The summed E-state index contributed by atoms with van der Waals surface area (Å²) >= 11 is 0. The van der Waals surface area contributed by atoms with Crippen LogP contribution in [-0.2, 0) is 32.5 Å². The summed E-state index contributed by atoms with van der Waals surface area (Å²) in [7, 11) is 0. The SMILES string of the molecule is Cc1cc(CN2N=NC(c3ccc(C(F)(F)F)cc3)C2=O)ccc1C1(C(N)=O)C=CC=CC1C(N)=O. The Hall–Kier alpha value is -4.28. The first-order valence-electron chi connectivity index (χ1n) is 10.9. The zero-order valence-electron chi connectivity index (χ0n) is 19.1. The number of carbonyl (C=O) groups is 3. The van der Waals surface area contributed by atoms with Gasteiger partial charge in [0.15, 0.2) is 6.04 Å². The maximum Gasteiger partial charge on any atom is 0.416 e. The van der Waals surface area contributed by atoms with E-state index in [1.54, 1.807) is 43.4 Å². The van der Waals surface area contributed by atoms with Gasteiger partial charge in [-0.25, -0.2) is 5.01 Å². The van der Waals surface area contributed by atoms with E-state index in [1.165, 1.54) is 18.2 Å². The van der Waals surface area contributed by atoms with E-state index in [2.05, 4.69) is 10.3 Å². The Bertz CT molecular complexity index is 1320. The first kappa shape index (κ1) is 24.8. The summed E-state index contributed by atoms with van der Waals surface area (Å²) in [6, 6.07) is 8.22. The maximum atomic E-state index is 12.8. The minimum atomic E-state index is -4.48. The number of aryl methyl sites for hydroxylation is 1. The van der Waals surface area contributed by atoms with Crippen LogP contribution >= 0.6 is 0 Å². The Labute approximate surface area is 204 Å². The van der Waals surface area contributed by atoms with Crippen LogP contribution in [0.25, 0.3) is 0 Å². The molecule has 3 atom stereocenters. The zero-order valence-corrected chi connectivity index (χ0v) is 19.1. The normalized spacial score (nSPS) is 23.3. The molecule has 1 aliphatic carbocycles. The molecular weight excluding hydrogens is 475 g/mol. The van der Waals surface area contributed by atoms with Crippen molar-refractivity contribution in [2.75, 3.05) is 0 Å². The summed E-state index contributed by atoms with van der Waals surface area (Å²) in [5.74, 6) is -2.89. The van der Waals surface area contributed by atoms with Crippen molar-refractivity contribution in [2.45, 2.75) is 31.1 Å². The highest BCUT2D eigenvalue weighted by molar-refractivity contribution is 5.97. The average molecular weight is 497 g/mol. The van der Waals surface area contributed by atoms with Gasteiger partial charge < -0.3 is 11.5 Å². The quantitative estimate of drug-likeness (QED) is 0.634. The molecule has 3 amide bonds. The predicted octanol–water partition coefficient (Wildman–Crippen LogP) is 3.42. The highest BCUT2D eigenvalue weighted by atomic mass is 19.4. The van der Waals surface area contributed by atoms with E-state index in [0.29, 0.717) is 22.3 Å². The first-order chi connectivity index (χ1) is 16.9. The molecule has 2 aromatic rings. The first-order valence-corrected chi connectivity index (χ1v) is 10.9. The Morgan fingerprint density at radius 3 is 2.36 bits per heavy atom. The largest absolute Gasteiger partial charge is 0.416 e. The van der Waals surface area contributed by atoms with Crippen molar-refractivity contribution >= 4 is 17.7 Å². The second kappa shape index (κ2) is 9.06. The summed E-state index contributed by atoms with van der Waals surface area (Å²) in [4.78, 5) is 37.5. The maximum absolute atomic E-state index is 12.8. The number of amides is 3. The van der Waals surface area contributed by atoms with Crippen LogP contribution in [0.3, 0.4) is 0 Å². The van der Waals surface area contributed by atoms with Gasteiger partial charge in [-0.05, 0) is 41.3 Å². The summed E-state index contributed by atoms with van der Waals surface area (Å²) < 4.78 is 38.4. The Kier molecular flexibility index (Phi) is 6.25. The van der Waals surface area contributed by atoms with Crippen molar-refractivity contribution in [1.82, 2.24) is 5.01 Å². The third kappa shape index (κ3) is 4.28. The summed E-state index contributed by atoms with van der Waals surface area (Å²) in [5, 5.41) is 8.94. The number of hydrogen-bond acceptors (Lipinski definition) is 5. The molecule has 0 bridgehead atoms. The smallest absolute Gasteiger partial charge is 0.369 e. The number of hydrogen-bond donors (Lipinski definition) is 2. The minimum Gasteiger partial charge on any atom is -0.369 e. The van der Waals surface area contributed by atoms with Crippen molar-refractivity contribution < 1.29 is 27.6 Å². The molecule has 11 heteroatoms. The van der Waals surface area contributed by atoms with E-state index in [4.69, 9.17) is 11.5 Å². The lowest BCUT2D eigenvalue weighted by molar-refractivity contribution is -0.137. The molecule has 186 valence electrons. The zero-order chi connectivity index (χ0) is 26.3. The molecule has 8 nitrogen and oxygen atoms in total. The molecule has 3 unspecified atom stereocenters. The summed E-state index contributed by atoms with van der Waals surface area (Å²) in [6.45, 7) is 1.78. The molecule has 0 saturated carbocycles. The third-order valence-corrected chi connectivity index (χ3v) is 6.36. The van der Waals surface area contributed by atoms with Gasteiger partial charge in [0.05, 0.1) is 18.0 Å². The van der Waals surface area contributed by atoms with Crippen molar-refractivity contribution in [3.8, 4) is 0 Å². The van der Waals surface area contributed by atoms with Gasteiger partial charge in [0.25, 0.3) is 5.91 Å². The molecule has 1 aliphatic heterocycles. The number of carbonyl (C=O) groups excluding carboxylic acids is 3. The highest BCUT2D eigenvalue weighted by Crippen LogP contribution is 2.39. The Morgan fingerprint density at radius 2 is 1.78 bits per heavy atom. The molecule has 0 aromatic heterocycles. The van der Waals surface area contributed by atoms with Crippen molar-refractivity contribution in [2.24, 2.45) is 27.7 Å². The number of rotatable bonds is 6. The Morgan fingerprint density at radius 1 is 1.08 bits per heavy atom. The lowest BCUT2D eigenvalue weighted by atomic mass is 9.66. The van der Waals surface area contributed by atoms with E-state index >= 15 is 0 Å². The minimum absolute atomic E-state index is 0.0408. The van der Waals surface area contributed by atoms with Crippen LogP contribution in [0.2, 0.25) is 0 Å². The Balaban J connectivity index is 1.55. The van der Waals surface area contributed by atoms with Crippen molar-refractivity contribution in [3.63, 3.8) is 0 Å². The van der Waals surface area contributed by atoms with Crippen LogP contribution in [0.4, 0.5) is 13.2 Å². The molecular formula is C25H22F3N5O3. The van der Waals surface area contributed by atoms with E-state index in [-0.39, 0.29) is 6.54 Å². The summed E-state index contributed by atoms with van der Waals surface area (Å²) in [5.41, 5.74) is 11.1. The van der Waals surface area contributed by atoms with E-state index in [9.17, 15) is 27.6 Å². The number of nitrogens with zero attached hydrogens (tertiary/aromatic N) is 3. The second-order valence-corrected chi connectivity index (χ2v) is 8.63. The second-order valence-electron chi connectivity index (χ2n) is 8.63. The molecule has 0 radical (unpaired) electrons. The summed E-state index contributed by atoms with van der Waals surface area (Å²) in [6.07, 6.45) is 1.86. The molecule has 4 N–H and O–H groups in total. The molecule has 2 aromatic carbocycles.